The molecule has 1 aliphatic heterocycles. The summed E-state index contributed by atoms with van der Waals surface area (Å²) in [5.41, 5.74) is 1.27. The van der Waals surface area contributed by atoms with Crippen molar-refractivity contribution in [1.82, 2.24) is 15.2 Å². The third-order valence-electron chi connectivity index (χ3n) is 3.03. The fourth-order valence-electron chi connectivity index (χ4n) is 2.09. The first-order valence-electron chi connectivity index (χ1n) is 5.39. The number of H-pyrrole nitrogens is 1. The molecule has 3 nitrogen and oxygen atoms in total. The average molecular weight is 193 g/mol. The van der Waals surface area contributed by atoms with Crippen LogP contribution in [0.1, 0.15) is 18.5 Å². The van der Waals surface area contributed by atoms with Gasteiger partial charge < -0.3 is 15.2 Å². The Morgan fingerprint density at radius 2 is 2.57 bits per heavy atom. The molecule has 1 aliphatic rings. The molecule has 0 amide bonds. The van der Waals surface area contributed by atoms with E-state index < -0.39 is 0 Å². The summed E-state index contributed by atoms with van der Waals surface area (Å²) in [6.07, 6.45) is 4.66. The molecule has 1 aromatic rings. The highest BCUT2D eigenvalue weighted by Gasteiger charge is 2.19. The van der Waals surface area contributed by atoms with Crippen molar-refractivity contribution in [3.05, 3.63) is 24.0 Å². The zero-order valence-electron chi connectivity index (χ0n) is 8.79. The number of likely N-dealkylation sites (N-methyl/N-ethyl adjacent to an activating group) is 1. The zero-order valence-corrected chi connectivity index (χ0v) is 8.79. The highest BCUT2D eigenvalue weighted by Crippen LogP contribution is 2.13. The molecular weight excluding hydrogens is 174 g/mol. The zero-order chi connectivity index (χ0) is 9.80. The summed E-state index contributed by atoms with van der Waals surface area (Å²) in [6, 6.07) is 4.90. The van der Waals surface area contributed by atoms with Crippen molar-refractivity contribution in [3.63, 3.8) is 0 Å². The first-order valence-corrected chi connectivity index (χ1v) is 5.39. The van der Waals surface area contributed by atoms with Gasteiger partial charge in [-0.05, 0) is 38.6 Å². The van der Waals surface area contributed by atoms with E-state index in [-0.39, 0.29) is 0 Å². The fraction of sp³-hybridized carbons (Fsp3) is 0.636. The van der Waals surface area contributed by atoms with Gasteiger partial charge >= 0.3 is 0 Å². The minimum absolute atomic E-state index is 0.741. The van der Waals surface area contributed by atoms with E-state index in [1.807, 2.05) is 12.3 Å². The summed E-state index contributed by atoms with van der Waals surface area (Å²) in [7, 11) is 2.22. The van der Waals surface area contributed by atoms with Crippen LogP contribution >= 0.6 is 0 Å². The third kappa shape index (κ3) is 2.36. The normalized spacial score (nSPS) is 23.1. The van der Waals surface area contributed by atoms with E-state index in [9.17, 15) is 0 Å². The second kappa shape index (κ2) is 4.62. The Morgan fingerprint density at radius 3 is 3.21 bits per heavy atom. The predicted octanol–water partition coefficient (Wildman–Crippen LogP) is 1.20. The number of aromatic nitrogens is 1. The molecule has 1 unspecified atom stereocenters. The topological polar surface area (TPSA) is 31.1 Å². The Hall–Kier alpha value is -0.800. The van der Waals surface area contributed by atoms with Crippen molar-refractivity contribution in [2.45, 2.75) is 25.4 Å². The van der Waals surface area contributed by atoms with Crippen LogP contribution in [-0.4, -0.2) is 36.1 Å². The number of likely N-dealkylation sites (tertiary alicyclic amines) is 1. The molecule has 0 spiro atoms. The minimum atomic E-state index is 0.741. The first kappa shape index (κ1) is 9.74. The number of rotatable bonds is 4. The lowest BCUT2D eigenvalue weighted by molar-refractivity contribution is 0.300. The fourth-order valence-corrected chi connectivity index (χ4v) is 2.09. The highest BCUT2D eigenvalue weighted by atomic mass is 15.2. The Kier molecular flexibility index (Phi) is 3.22. The summed E-state index contributed by atoms with van der Waals surface area (Å²) in [6.45, 7) is 3.32. The van der Waals surface area contributed by atoms with Crippen LogP contribution in [0.3, 0.4) is 0 Å². The molecule has 0 aromatic carbocycles. The predicted molar refractivity (Wildman–Crippen MR) is 58.2 cm³/mol. The second-order valence-corrected chi connectivity index (χ2v) is 4.10. The lowest BCUT2D eigenvalue weighted by Gasteiger charge is -2.19. The van der Waals surface area contributed by atoms with Gasteiger partial charge in [-0.25, -0.2) is 0 Å². The molecule has 3 heteroatoms. The van der Waals surface area contributed by atoms with E-state index in [0.717, 1.165) is 19.1 Å². The Labute approximate surface area is 85.5 Å². The second-order valence-electron chi connectivity index (χ2n) is 4.10. The van der Waals surface area contributed by atoms with Gasteiger partial charge in [-0.2, -0.15) is 0 Å². The molecule has 2 rings (SSSR count). The molecule has 0 radical (unpaired) electrons. The number of hydrogen-bond acceptors (Lipinski definition) is 2. The molecule has 1 aromatic heterocycles. The molecule has 1 fully saturated rings. The maximum absolute atomic E-state index is 3.49. The van der Waals surface area contributed by atoms with Gasteiger partial charge in [0.05, 0.1) is 0 Å². The van der Waals surface area contributed by atoms with Crippen molar-refractivity contribution in [3.8, 4) is 0 Å². The Morgan fingerprint density at radius 1 is 1.64 bits per heavy atom. The molecule has 78 valence electrons. The highest BCUT2D eigenvalue weighted by molar-refractivity contribution is 5.02. The largest absolute Gasteiger partial charge is 0.364 e. The van der Waals surface area contributed by atoms with Crippen molar-refractivity contribution >= 4 is 0 Å². The van der Waals surface area contributed by atoms with E-state index >= 15 is 0 Å². The summed E-state index contributed by atoms with van der Waals surface area (Å²) < 4.78 is 0. The Bertz CT molecular complexity index is 256. The van der Waals surface area contributed by atoms with Crippen LogP contribution in [0.5, 0.6) is 0 Å². The molecule has 1 saturated heterocycles. The van der Waals surface area contributed by atoms with Gasteiger partial charge in [0.2, 0.25) is 0 Å². The Balaban J connectivity index is 1.68. The molecule has 0 bridgehead atoms. The van der Waals surface area contributed by atoms with Gasteiger partial charge in [0, 0.05) is 31.0 Å². The first-order chi connectivity index (χ1) is 6.86. The van der Waals surface area contributed by atoms with Crippen LogP contribution in [0.4, 0.5) is 0 Å². The smallest absolute Gasteiger partial charge is 0.0357 e. The van der Waals surface area contributed by atoms with Gasteiger partial charge in [-0.3, -0.25) is 0 Å². The molecule has 14 heavy (non-hydrogen) atoms. The maximum atomic E-state index is 3.49. The van der Waals surface area contributed by atoms with Gasteiger partial charge in [0.25, 0.3) is 0 Å². The number of nitrogens with one attached hydrogen (secondary N) is 2. The van der Waals surface area contributed by atoms with Crippen molar-refractivity contribution in [1.29, 1.82) is 0 Å². The van der Waals surface area contributed by atoms with Crippen molar-refractivity contribution < 1.29 is 0 Å². The number of hydrogen-bond donors (Lipinski definition) is 2. The number of nitrogens with zero attached hydrogens (tertiary/aromatic N) is 1. The van der Waals surface area contributed by atoms with E-state index in [0.29, 0.717) is 0 Å². The van der Waals surface area contributed by atoms with Crippen molar-refractivity contribution in [2.24, 2.45) is 0 Å². The standard InChI is InChI=1S/C11H19N3/c1-14-7-3-5-11(14)9-12-8-10-4-2-6-13-10/h2,4,6,11-13H,3,5,7-9H2,1H3. The molecule has 0 aliphatic carbocycles. The van der Waals surface area contributed by atoms with E-state index in [2.05, 4.69) is 28.3 Å². The van der Waals surface area contributed by atoms with Crippen LogP contribution in [0.25, 0.3) is 0 Å². The van der Waals surface area contributed by atoms with Gasteiger partial charge in [0.15, 0.2) is 0 Å². The molecular formula is C11H19N3. The van der Waals surface area contributed by atoms with Gasteiger partial charge in [0.1, 0.15) is 0 Å². The van der Waals surface area contributed by atoms with Crippen molar-refractivity contribution in [2.75, 3.05) is 20.1 Å². The SMILES string of the molecule is CN1CCCC1CNCc1ccc[nH]1. The van der Waals surface area contributed by atoms with E-state index in [4.69, 9.17) is 0 Å². The summed E-state index contributed by atoms with van der Waals surface area (Å²) in [5, 5.41) is 3.49. The molecule has 2 N–H and O–H groups in total. The lowest BCUT2D eigenvalue weighted by Crippen LogP contribution is -2.35. The monoisotopic (exact) mass is 193 g/mol. The summed E-state index contributed by atoms with van der Waals surface area (Å²) in [4.78, 5) is 5.64. The molecule has 1 atom stereocenters. The van der Waals surface area contributed by atoms with Gasteiger partial charge in [-0.1, -0.05) is 0 Å². The lowest BCUT2D eigenvalue weighted by atomic mass is 10.2. The van der Waals surface area contributed by atoms with Crippen LogP contribution in [0, 0.1) is 0 Å². The van der Waals surface area contributed by atoms with Crippen LogP contribution in [0.15, 0.2) is 18.3 Å². The van der Waals surface area contributed by atoms with E-state index in [1.54, 1.807) is 0 Å². The summed E-state index contributed by atoms with van der Waals surface area (Å²) in [5.74, 6) is 0. The number of aromatic amines is 1. The van der Waals surface area contributed by atoms with Crippen LogP contribution in [0.2, 0.25) is 0 Å². The van der Waals surface area contributed by atoms with Crippen LogP contribution in [-0.2, 0) is 6.54 Å². The van der Waals surface area contributed by atoms with Crippen LogP contribution < -0.4 is 5.32 Å². The van der Waals surface area contributed by atoms with Gasteiger partial charge in [-0.15, -0.1) is 0 Å². The molecule has 2 heterocycles. The quantitative estimate of drug-likeness (QED) is 0.753. The minimum Gasteiger partial charge on any atom is -0.364 e. The maximum Gasteiger partial charge on any atom is 0.0357 e. The average Bonchev–Trinajstić information content (AvgIpc) is 2.78. The molecule has 0 saturated carbocycles. The third-order valence-corrected chi connectivity index (χ3v) is 3.03. The van der Waals surface area contributed by atoms with E-state index in [1.165, 1.54) is 25.1 Å². The summed E-state index contributed by atoms with van der Waals surface area (Å²) >= 11 is 0.